The molecule has 29 heavy (non-hydrogen) atoms. The minimum atomic E-state index is -0.365. The lowest BCUT2D eigenvalue weighted by atomic mass is 10.1. The maximum absolute atomic E-state index is 12.8. The molecule has 4 rings (SSSR count). The molecule has 0 unspecified atom stereocenters. The Kier molecular flexibility index (Phi) is 5.59. The van der Waals surface area contributed by atoms with Crippen molar-refractivity contribution in [1.29, 1.82) is 0 Å². The number of carbonyl (C=O) groups is 1. The summed E-state index contributed by atoms with van der Waals surface area (Å²) < 4.78 is 17.6. The third-order valence-corrected chi connectivity index (χ3v) is 4.70. The lowest BCUT2D eigenvalue weighted by Crippen LogP contribution is -2.13. The first-order chi connectivity index (χ1) is 14.1. The molecule has 146 valence electrons. The van der Waals surface area contributed by atoms with Crippen molar-refractivity contribution in [2.75, 3.05) is 12.4 Å². The molecule has 7 heteroatoms. The van der Waals surface area contributed by atoms with E-state index in [4.69, 9.17) is 13.9 Å². The van der Waals surface area contributed by atoms with E-state index < -0.39 is 0 Å². The number of ether oxygens (including phenoxy) is 2. The molecule has 6 nitrogen and oxygen atoms in total. The molecule has 1 amide bonds. The maximum atomic E-state index is 12.8. The van der Waals surface area contributed by atoms with Crippen molar-refractivity contribution in [2.45, 2.75) is 6.61 Å². The first-order valence-electron chi connectivity index (χ1n) is 8.84. The van der Waals surface area contributed by atoms with Crippen LogP contribution in [0, 0.1) is 0 Å². The smallest absolute Gasteiger partial charge is 0.291 e. The zero-order chi connectivity index (χ0) is 20.2. The van der Waals surface area contributed by atoms with Crippen LogP contribution < -0.4 is 10.1 Å². The van der Waals surface area contributed by atoms with E-state index in [9.17, 15) is 4.79 Å². The number of carbonyl (C=O) groups excluding carboxylic acids is 1. The molecule has 0 aliphatic rings. The van der Waals surface area contributed by atoms with Gasteiger partial charge < -0.3 is 19.2 Å². The van der Waals surface area contributed by atoms with Gasteiger partial charge in [-0.15, -0.1) is 0 Å². The highest BCUT2D eigenvalue weighted by molar-refractivity contribution is 9.10. The fourth-order valence-corrected chi connectivity index (χ4v) is 3.30. The van der Waals surface area contributed by atoms with Crippen LogP contribution >= 0.6 is 15.9 Å². The van der Waals surface area contributed by atoms with Crippen molar-refractivity contribution in [2.24, 2.45) is 0 Å². The molecule has 0 aliphatic heterocycles. The van der Waals surface area contributed by atoms with Crippen molar-refractivity contribution < 1.29 is 18.7 Å². The van der Waals surface area contributed by atoms with Crippen LogP contribution in [-0.4, -0.2) is 18.0 Å². The summed E-state index contributed by atoms with van der Waals surface area (Å²) in [4.78, 5) is 17.0. The Balaban J connectivity index is 1.51. The van der Waals surface area contributed by atoms with Gasteiger partial charge >= 0.3 is 0 Å². The van der Waals surface area contributed by atoms with Crippen molar-refractivity contribution in [3.8, 4) is 11.6 Å². The minimum Gasteiger partial charge on any atom is -0.451 e. The lowest BCUT2D eigenvalue weighted by molar-refractivity contribution is 0.0992. The number of pyridine rings is 1. The van der Waals surface area contributed by atoms with Gasteiger partial charge in [0.1, 0.15) is 11.3 Å². The summed E-state index contributed by atoms with van der Waals surface area (Å²) >= 11 is 3.40. The van der Waals surface area contributed by atoms with Gasteiger partial charge in [-0.25, -0.2) is 4.98 Å². The van der Waals surface area contributed by atoms with Gasteiger partial charge in [0.05, 0.1) is 18.5 Å². The number of rotatable bonds is 6. The van der Waals surface area contributed by atoms with Crippen LogP contribution in [0.4, 0.5) is 5.69 Å². The predicted molar refractivity (Wildman–Crippen MR) is 113 cm³/mol. The average Bonchev–Trinajstić information content (AvgIpc) is 3.09. The van der Waals surface area contributed by atoms with E-state index in [1.54, 1.807) is 19.2 Å². The monoisotopic (exact) mass is 452 g/mol. The van der Waals surface area contributed by atoms with Gasteiger partial charge in [-0.2, -0.15) is 0 Å². The number of amides is 1. The maximum Gasteiger partial charge on any atom is 0.291 e. The number of nitrogens with zero attached hydrogens (tertiary/aromatic N) is 1. The summed E-state index contributed by atoms with van der Waals surface area (Å²) in [6.07, 6.45) is 1.53. The molecule has 0 spiro atoms. The third-order valence-electron chi connectivity index (χ3n) is 4.21. The summed E-state index contributed by atoms with van der Waals surface area (Å²) in [5.41, 5.74) is 1.88. The standard InChI is InChI=1S/C22H17BrN2O4/c1-27-13-18-17-7-2-3-8-19(17)29-21(18)22(26)25-15-9-10-20(24-12-15)28-16-6-4-5-14(23)11-16/h2-12H,13H2,1H3,(H,25,26). The molecule has 0 aliphatic carbocycles. The Labute approximate surface area is 175 Å². The summed E-state index contributed by atoms with van der Waals surface area (Å²) in [6, 6.07) is 18.3. The molecular formula is C22H17BrN2O4. The number of aromatic nitrogens is 1. The van der Waals surface area contributed by atoms with Gasteiger partial charge in [-0.1, -0.05) is 40.2 Å². The molecule has 0 saturated heterocycles. The van der Waals surface area contributed by atoms with E-state index in [-0.39, 0.29) is 18.3 Å². The van der Waals surface area contributed by atoms with Crippen LogP contribution in [0.3, 0.4) is 0 Å². The van der Waals surface area contributed by atoms with E-state index in [2.05, 4.69) is 26.2 Å². The predicted octanol–water partition coefficient (Wildman–Crippen LogP) is 5.78. The van der Waals surface area contributed by atoms with Crippen LogP contribution in [0.5, 0.6) is 11.6 Å². The first-order valence-corrected chi connectivity index (χ1v) is 9.63. The van der Waals surface area contributed by atoms with Crippen molar-refractivity contribution in [3.05, 3.63) is 82.7 Å². The van der Waals surface area contributed by atoms with Gasteiger partial charge in [0.2, 0.25) is 5.88 Å². The van der Waals surface area contributed by atoms with Gasteiger partial charge in [0, 0.05) is 28.6 Å². The second-order valence-corrected chi connectivity index (χ2v) is 7.15. The van der Waals surface area contributed by atoms with Crippen LogP contribution in [0.1, 0.15) is 16.1 Å². The molecule has 4 aromatic rings. The Bertz CT molecular complexity index is 1160. The molecule has 2 aromatic carbocycles. The molecule has 0 atom stereocenters. The zero-order valence-corrected chi connectivity index (χ0v) is 17.1. The van der Waals surface area contributed by atoms with E-state index in [1.807, 2.05) is 48.5 Å². The summed E-state index contributed by atoms with van der Waals surface area (Å²) in [7, 11) is 1.58. The highest BCUT2D eigenvalue weighted by atomic mass is 79.9. The van der Waals surface area contributed by atoms with Crippen molar-refractivity contribution in [1.82, 2.24) is 4.98 Å². The molecule has 2 heterocycles. The SMILES string of the molecule is COCc1c(C(=O)Nc2ccc(Oc3cccc(Br)c3)nc2)oc2ccccc12. The zero-order valence-electron chi connectivity index (χ0n) is 15.5. The Morgan fingerprint density at radius 2 is 2.00 bits per heavy atom. The highest BCUT2D eigenvalue weighted by Gasteiger charge is 2.20. The van der Waals surface area contributed by atoms with Crippen LogP contribution in [-0.2, 0) is 11.3 Å². The van der Waals surface area contributed by atoms with Gasteiger partial charge in [-0.3, -0.25) is 4.79 Å². The van der Waals surface area contributed by atoms with Crippen LogP contribution in [0.25, 0.3) is 11.0 Å². The molecule has 2 aromatic heterocycles. The molecule has 0 saturated carbocycles. The first kappa shape index (κ1) is 19.2. The van der Waals surface area contributed by atoms with Gasteiger partial charge in [0.25, 0.3) is 5.91 Å². The Morgan fingerprint density at radius 3 is 2.76 bits per heavy atom. The van der Waals surface area contributed by atoms with Crippen molar-refractivity contribution in [3.63, 3.8) is 0 Å². The molecular weight excluding hydrogens is 436 g/mol. The molecule has 0 bridgehead atoms. The van der Waals surface area contributed by atoms with Crippen LogP contribution in [0.15, 0.2) is 75.8 Å². The number of para-hydroxylation sites is 1. The minimum absolute atomic E-state index is 0.225. The summed E-state index contributed by atoms with van der Waals surface area (Å²) in [5.74, 6) is 0.943. The fraction of sp³-hybridized carbons (Fsp3) is 0.0909. The molecule has 0 fully saturated rings. The quantitative estimate of drug-likeness (QED) is 0.401. The second-order valence-electron chi connectivity index (χ2n) is 6.24. The number of nitrogens with one attached hydrogen (secondary N) is 1. The molecule has 1 N–H and O–H groups in total. The van der Waals surface area contributed by atoms with E-state index in [0.717, 1.165) is 9.86 Å². The number of furan rings is 1. The van der Waals surface area contributed by atoms with E-state index >= 15 is 0 Å². The Morgan fingerprint density at radius 1 is 1.14 bits per heavy atom. The largest absolute Gasteiger partial charge is 0.451 e. The number of fused-ring (bicyclic) bond motifs is 1. The summed E-state index contributed by atoms with van der Waals surface area (Å²) in [5, 5.41) is 3.66. The van der Waals surface area contributed by atoms with Crippen LogP contribution in [0.2, 0.25) is 0 Å². The van der Waals surface area contributed by atoms with E-state index in [0.29, 0.717) is 28.5 Å². The summed E-state index contributed by atoms with van der Waals surface area (Å²) in [6.45, 7) is 0.275. The number of hydrogen-bond acceptors (Lipinski definition) is 5. The number of methoxy groups -OCH3 is 1. The third kappa shape index (κ3) is 4.31. The van der Waals surface area contributed by atoms with Gasteiger partial charge in [0.15, 0.2) is 5.76 Å². The number of benzene rings is 2. The fourth-order valence-electron chi connectivity index (χ4n) is 2.92. The number of hydrogen-bond donors (Lipinski definition) is 1. The van der Waals surface area contributed by atoms with E-state index in [1.165, 1.54) is 6.20 Å². The average molecular weight is 453 g/mol. The molecule has 0 radical (unpaired) electrons. The normalized spacial score (nSPS) is 10.8. The number of anilines is 1. The lowest BCUT2D eigenvalue weighted by Gasteiger charge is -2.07. The topological polar surface area (TPSA) is 73.6 Å². The second kappa shape index (κ2) is 8.46. The Hall–Kier alpha value is -3.16. The van der Waals surface area contributed by atoms with Gasteiger partial charge in [-0.05, 0) is 30.3 Å². The van der Waals surface area contributed by atoms with Crippen molar-refractivity contribution >= 4 is 38.5 Å². The highest BCUT2D eigenvalue weighted by Crippen LogP contribution is 2.28. The number of halogens is 1.